The second kappa shape index (κ2) is 23.6. The molecule has 3 aliphatic rings. The first-order chi connectivity index (χ1) is 30.6. The number of aromatic nitrogens is 1. The molecule has 2 aliphatic carbocycles. The maximum absolute atomic E-state index is 14.7. The Morgan fingerprint density at radius 1 is 0.891 bits per heavy atom. The van der Waals surface area contributed by atoms with Crippen molar-refractivity contribution < 1.29 is 64.8 Å². The molecule has 1 aromatic heterocycles. The van der Waals surface area contributed by atoms with Crippen molar-refractivity contribution in [2.45, 2.75) is 120 Å². The molecular formula is C44H61F5N6O9. The standard InChI is InChI=1S/C44H61F5N6O9/c1-26-36(32-14-15-33(45)37(46)38(32)60-3)39(64-43(26,2)44(47,48)49)42(59)55-29-16-18-51-34(25-29)41(58)53-20-24-61-23-19-52-40(57)27-6-8-28(9-7-27)54-35(56)5-4-21-62-30-10-12-31(13-11-30)63-22-17-50/h14-16,18,25-28,30-31,36,39H,4-13,17,19-24,50H2,1-3H3,(H,52,57)(H,53,58)(H,54,56)(H,51,55,59)/t26-,27?,28?,30?,31?,36-,39+,43+/m0/s1. The molecule has 6 N–H and O–H groups in total. The van der Waals surface area contributed by atoms with Crippen LogP contribution in [0.5, 0.6) is 5.75 Å². The van der Waals surface area contributed by atoms with Gasteiger partial charge in [-0.3, -0.25) is 24.2 Å². The highest BCUT2D eigenvalue weighted by molar-refractivity contribution is 5.97. The van der Waals surface area contributed by atoms with Gasteiger partial charge in [-0.1, -0.05) is 13.0 Å². The van der Waals surface area contributed by atoms with Crippen LogP contribution in [-0.4, -0.2) is 118 Å². The molecule has 20 heteroatoms. The highest BCUT2D eigenvalue weighted by atomic mass is 19.4. The third-order valence-corrected chi connectivity index (χ3v) is 12.4. The predicted octanol–water partition coefficient (Wildman–Crippen LogP) is 5.07. The van der Waals surface area contributed by atoms with E-state index in [1.165, 1.54) is 25.3 Å². The van der Waals surface area contributed by atoms with E-state index in [1.54, 1.807) is 0 Å². The van der Waals surface area contributed by atoms with Crippen LogP contribution in [0, 0.1) is 23.5 Å². The monoisotopic (exact) mass is 912 g/mol. The number of nitrogens with one attached hydrogen (secondary N) is 4. The summed E-state index contributed by atoms with van der Waals surface area (Å²) in [6.45, 7) is 4.25. The molecule has 0 unspecified atom stereocenters. The van der Waals surface area contributed by atoms with E-state index >= 15 is 0 Å². The average molecular weight is 913 g/mol. The van der Waals surface area contributed by atoms with E-state index in [1.807, 2.05) is 0 Å². The van der Waals surface area contributed by atoms with Gasteiger partial charge in [0.2, 0.25) is 17.6 Å². The predicted molar refractivity (Wildman–Crippen MR) is 223 cm³/mol. The summed E-state index contributed by atoms with van der Waals surface area (Å²) in [5.41, 5.74) is 2.37. The number of amides is 4. The summed E-state index contributed by atoms with van der Waals surface area (Å²) in [6.07, 6.45) is 2.51. The maximum atomic E-state index is 14.7. The fourth-order valence-electron chi connectivity index (χ4n) is 8.59. The van der Waals surface area contributed by atoms with Gasteiger partial charge in [0.05, 0.1) is 39.1 Å². The lowest BCUT2D eigenvalue weighted by atomic mass is 9.77. The Labute approximate surface area is 369 Å². The Morgan fingerprint density at radius 2 is 1.55 bits per heavy atom. The molecule has 2 heterocycles. The first-order valence-corrected chi connectivity index (χ1v) is 22.0. The van der Waals surface area contributed by atoms with E-state index in [4.69, 9.17) is 29.4 Å². The van der Waals surface area contributed by atoms with Gasteiger partial charge in [0.15, 0.2) is 17.2 Å². The van der Waals surface area contributed by atoms with Gasteiger partial charge in [-0.05, 0) is 82.9 Å². The number of rotatable bonds is 21. The van der Waals surface area contributed by atoms with Crippen molar-refractivity contribution in [2.75, 3.05) is 58.5 Å². The topological polar surface area (TPSA) is 201 Å². The van der Waals surface area contributed by atoms with Crippen LogP contribution in [0.15, 0.2) is 30.5 Å². The quantitative estimate of drug-likeness (QED) is 0.0828. The van der Waals surface area contributed by atoms with Gasteiger partial charge < -0.3 is 50.7 Å². The van der Waals surface area contributed by atoms with Gasteiger partial charge in [-0.15, -0.1) is 0 Å². The third kappa shape index (κ3) is 13.3. The smallest absolute Gasteiger partial charge is 0.417 e. The lowest BCUT2D eigenvalue weighted by Crippen LogP contribution is -2.47. The normalized spacial score (nSPS) is 25.9. The van der Waals surface area contributed by atoms with E-state index in [9.17, 15) is 41.1 Å². The summed E-state index contributed by atoms with van der Waals surface area (Å²) in [4.78, 5) is 55.7. The molecule has 15 nitrogen and oxygen atoms in total. The van der Waals surface area contributed by atoms with Crippen LogP contribution in [0.25, 0.3) is 0 Å². The molecule has 2 saturated carbocycles. The van der Waals surface area contributed by atoms with Gasteiger partial charge in [0.25, 0.3) is 11.8 Å². The molecule has 1 saturated heterocycles. The molecule has 0 radical (unpaired) electrons. The Hall–Kier alpha value is -4.50. The van der Waals surface area contributed by atoms with Crippen molar-refractivity contribution in [2.24, 2.45) is 17.6 Å². The van der Waals surface area contributed by atoms with Gasteiger partial charge in [-0.25, -0.2) is 4.39 Å². The number of carbonyl (C=O) groups is 4. The number of ether oxygens (including phenoxy) is 5. The molecule has 4 amide bonds. The largest absolute Gasteiger partial charge is 0.493 e. The molecule has 356 valence electrons. The van der Waals surface area contributed by atoms with E-state index in [-0.39, 0.29) is 79.2 Å². The number of halogens is 5. The van der Waals surface area contributed by atoms with Crippen molar-refractivity contribution in [3.8, 4) is 5.75 Å². The number of carbonyl (C=O) groups excluding carboxylic acids is 4. The van der Waals surface area contributed by atoms with Gasteiger partial charge in [-0.2, -0.15) is 17.6 Å². The van der Waals surface area contributed by atoms with Gasteiger partial charge in [0, 0.05) is 73.9 Å². The summed E-state index contributed by atoms with van der Waals surface area (Å²) in [7, 11) is 1.03. The van der Waals surface area contributed by atoms with Crippen LogP contribution in [0.2, 0.25) is 0 Å². The van der Waals surface area contributed by atoms with Crippen LogP contribution in [0.4, 0.5) is 27.6 Å². The maximum Gasteiger partial charge on any atom is 0.417 e. The Balaban J connectivity index is 0.965. The van der Waals surface area contributed by atoms with Crippen LogP contribution in [-0.2, 0) is 33.3 Å². The van der Waals surface area contributed by atoms with E-state index < -0.39 is 58.9 Å². The zero-order valence-electron chi connectivity index (χ0n) is 36.5. The summed E-state index contributed by atoms with van der Waals surface area (Å²) < 4.78 is 99.3. The van der Waals surface area contributed by atoms with Crippen molar-refractivity contribution in [1.29, 1.82) is 0 Å². The van der Waals surface area contributed by atoms with E-state index in [0.29, 0.717) is 58.3 Å². The third-order valence-electron chi connectivity index (χ3n) is 12.4. The fraction of sp³-hybridized carbons (Fsp3) is 0.659. The Bertz CT molecular complexity index is 1880. The number of hydrogen-bond acceptors (Lipinski definition) is 11. The minimum absolute atomic E-state index is 0.00869. The van der Waals surface area contributed by atoms with Crippen molar-refractivity contribution >= 4 is 29.3 Å². The molecule has 0 bridgehead atoms. The van der Waals surface area contributed by atoms with Crippen molar-refractivity contribution in [3.05, 3.63) is 53.4 Å². The van der Waals surface area contributed by atoms with Crippen molar-refractivity contribution in [3.63, 3.8) is 0 Å². The summed E-state index contributed by atoms with van der Waals surface area (Å²) >= 11 is 0. The summed E-state index contributed by atoms with van der Waals surface area (Å²) in [5.74, 6) is -8.13. The minimum Gasteiger partial charge on any atom is -0.493 e. The molecule has 0 spiro atoms. The number of alkyl halides is 3. The number of benzene rings is 1. The zero-order chi connectivity index (χ0) is 46.4. The second-order valence-electron chi connectivity index (χ2n) is 16.7. The highest BCUT2D eigenvalue weighted by Crippen LogP contribution is 2.55. The number of anilines is 1. The molecule has 5 rings (SSSR count). The van der Waals surface area contributed by atoms with Gasteiger partial charge >= 0.3 is 6.18 Å². The molecule has 1 aromatic carbocycles. The lowest BCUT2D eigenvalue weighted by Gasteiger charge is -2.32. The lowest BCUT2D eigenvalue weighted by molar-refractivity contribution is -0.272. The first kappa shape index (κ1) is 50.5. The van der Waals surface area contributed by atoms with Crippen LogP contribution in [0.1, 0.15) is 100 Å². The molecule has 2 aromatic rings. The van der Waals surface area contributed by atoms with Crippen LogP contribution >= 0.6 is 0 Å². The molecule has 64 heavy (non-hydrogen) atoms. The van der Waals surface area contributed by atoms with E-state index in [0.717, 1.165) is 51.8 Å². The van der Waals surface area contributed by atoms with E-state index in [2.05, 4.69) is 26.3 Å². The summed E-state index contributed by atoms with van der Waals surface area (Å²) in [5, 5.41) is 11.0. The number of hydrogen-bond donors (Lipinski definition) is 5. The zero-order valence-corrected chi connectivity index (χ0v) is 36.5. The minimum atomic E-state index is -4.94. The van der Waals surface area contributed by atoms with Crippen LogP contribution < -0.4 is 31.7 Å². The van der Waals surface area contributed by atoms with Crippen LogP contribution in [0.3, 0.4) is 0 Å². The summed E-state index contributed by atoms with van der Waals surface area (Å²) in [6, 6.07) is 4.36. The average Bonchev–Trinajstić information content (AvgIpc) is 3.56. The number of nitrogens with zero attached hydrogens (tertiary/aromatic N) is 1. The SMILES string of the molecule is COc1c([C@H]2[C@H](C(=O)Nc3ccnc(C(=O)NCCOCCNC(=O)C4CCC(NC(=O)CCCOC5CCC(OCCN)CC5)CC4)c3)O[C@@](C)(C(F)(F)F)[C@H]2C)ccc(F)c1F. The van der Waals surface area contributed by atoms with Gasteiger partial charge in [0.1, 0.15) is 11.8 Å². The molecule has 1 aliphatic heterocycles. The Kier molecular flexibility index (Phi) is 18.6. The number of nitrogens with two attached hydrogens (primary N) is 1. The second-order valence-corrected chi connectivity index (χ2v) is 16.7. The fourth-order valence-corrected chi connectivity index (χ4v) is 8.59. The first-order valence-electron chi connectivity index (χ1n) is 22.0. The number of methoxy groups -OCH3 is 1. The van der Waals surface area contributed by atoms with Crippen molar-refractivity contribution in [1.82, 2.24) is 20.9 Å². The molecule has 3 fully saturated rings. The highest BCUT2D eigenvalue weighted by Gasteiger charge is 2.66. The molecular weight excluding hydrogens is 852 g/mol. The molecule has 4 atom stereocenters. The number of pyridine rings is 1. The Morgan fingerprint density at radius 3 is 2.19 bits per heavy atom.